The second-order valence-corrected chi connectivity index (χ2v) is 7.86. The Balaban J connectivity index is 1.33. The average molecular weight is 435 g/mol. The van der Waals surface area contributed by atoms with Gasteiger partial charge in [-0.15, -0.1) is 16.6 Å². The summed E-state index contributed by atoms with van der Waals surface area (Å²) in [5.74, 6) is 3.13. The van der Waals surface area contributed by atoms with Gasteiger partial charge in [0, 0.05) is 44.1 Å². The van der Waals surface area contributed by atoms with Crippen LogP contribution in [0.5, 0.6) is 0 Å². The van der Waals surface area contributed by atoms with Crippen LogP contribution < -0.4 is 10.2 Å². The third kappa shape index (κ3) is 5.42. The summed E-state index contributed by atoms with van der Waals surface area (Å²) in [6, 6.07) is 11.4. The minimum Gasteiger partial charge on any atom is -0.411 e. The minimum absolute atomic E-state index is 0.132. The van der Waals surface area contributed by atoms with Crippen LogP contribution in [0.4, 0.5) is 11.4 Å². The molecule has 0 radical (unpaired) electrons. The number of carbonyl (C=O) groups excluding carboxylic acids is 1. The highest BCUT2D eigenvalue weighted by atomic mass is 32.2. The van der Waals surface area contributed by atoms with Gasteiger partial charge < -0.3 is 14.6 Å². The van der Waals surface area contributed by atoms with Gasteiger partial charge in [-0.25, -0.2) is 0 Å². The van der Waals surface area contributed by atoms with Gasteiger partial charge in [-0.3, -0.25) is 14.7 Å². The molecular formula is C22H22N6O2S. The molecule has 1 amide bonds. The number of hydrogen-bond donors (Lipinski definition) is 1. The standard InChI is InChI=1S/C22H22N6O2S/c1-2-11-27-12-14-28(15-13-27)19-6-4-3-5-18(19)24-20(29)16-31-22-26-25-21(30-22)17-7-9-23-10-8-17/h1,3-10H,11-16H2,(H,24,29). The minimum atomic E-state index is -0.132. The molecular weight excluding hydrogens is 412 g/mol. The van der Waals surface area contributed by atoms with Crippen molar-refractivity contribution in [3.05, 3.63) is 48.8 Å². The summed E-state index contributed by atoms with van der Waals surface area (Å²) < 4.78 is 5.63. The lowest BCUT2D eigenvalue weighted by atomic mass is 10.2. The number of nitrogens with one attached hydrogen (secondary N) is 1. The predicted molar refractivity (Wildman–Crippen MR) is 121 cm³/mol. The molecule has 0 aliphatic carbocycles. The van der Waals surface area contributed by atoms with Crippen LogP contribution in [-0.4, -0.2) is 64.5 Å². The molecule has 0 spiro atoms. The number of piperazine rings is 1. The number of anilines is 2. The predicted octanol–water partition coefficient (Wildman–Crippen LogP) is 2.62. The molecule has 1 aliphatic heterocycles. The Morgan fingerprint density at radius 2 is 1.90 bits per heavy atom. The first-order chi connectivity index (χ1) is 15.2. The van der Waals surface area contributed by atoms with Gasteiger partial charge in [0.05, 0.1) is 23.7 Å². The fraction of sp³-hybridized carbons (Fsp3) is 0.273. The summed E-state index contributed by atoms with van der Waals surface area (Å²) in [5.41, 5.74) is 2.59. The molecule has 1 N–H and O–H groups in total. The lowest BCUT2D eigenvalue weighted by molar-refractivity contribution is -0.113. The van der Waals surface area contributed by atoms with Gasteiger partial charge in [-0.1, -0.05) is 29.8 Å². The first kappa shape index (κ1) is 20.9. The van der Waals surface area contributed by atoms with Gasteiger partial charge in [0.25, 0.3) is 5.22 Å². The molecule has 0 atom stereocenters. The molecule has 31 heavy (non-hydrogen) atoms. The van der Waals surface area contributed by atoms with E-state index in [2.05, 4.69) is 36.2 Å². The number of benzene rings is 1. The van der Waals surface area contributed by atoms with E-state index in [0.717, 1.165) is 43.1 Å². The molecule has 1 fully saturated rings. The number of aromatic nitrogens is 3. The molecule has 0 bridgehead atoms. The van der Waals surface area contributed by atoms with Gasteiger partial charge in [0.15, 0.2) is 0 Å². The smallest absolute Gasteiger partial charge is 0.277 e. The zero-order chi connectivity index (χ0) is 21.5. The monoisotopic (exact) mass is 434 g/mol. The van der Waals surface area contributed by atoms with Gasteiger partial charge in [0.1, 0.15) is 0 Å². The van der Waals surface area contributed by atoms with Gasteiger partial charge in [0.2, 0.25) is 11.8 Å². The van der Waals surface area contributed by atoms with Crippen molar-refractivity contribution in [3.8, 4) is 23.8 Å². The van der Waals surface area contributed by atoms with Crippen molar-refractivity contribution in [2.75, 3.05) is 48.7 Å². The number of pyridine rings is 1. The Morgan fingerprint density at radius 1 is 1.13 bits per heavy atom. The van der Waals surface area contributed by atoms with Crippen molar-refractivity contribution in [2.45, 2.75) is 5.22 Å². The number of hydrogen-bond acceptors (Lipinski definition) is 8. The zero-order valence-electron chi connectivity index (χ0n) is 16.9. The molecule has 1 aliphatic rings. The second kappa shape index (κ2) is 10.1. The number of rotatable bonds is 7. The maximum absolute atomic E-state index is 12.6. The lowest BCUT2D eigenvalue weighted by Gasteiger charge is -2.36. The van der Waals surface area contributed by atoms with Crippen molar-refractivity contribution in [2.24, 2.45) is 0 Å². The van der Waals surface area contributed by atoms with E-state index in [4.69, 9.17) is 10.8 Å². The van der Waals surface area contributed by atoms with E-state index >= 15 is 0 Å². The molecule has 4 rings (SSSR count). The summed E-state index contributed by atoms with van der Waals surface area (Å²) in [4.78, 5) is 21.0. The number of carbonyl (C=O) groups is 1. The molecule has 0 saturated carbocycles. The third-order valence-electron chi connectivity index (χ3n) is 4.87. The highest BCUT2D eigenvalue weighted by Gasteiger charge is 2.19. The van der Waals surface area contributed by atoms with Crippen LogP contribution in [0.2, 0.25) is 0 Å². The summed E-state index contributed by atoms with van der Waals surface area (Å²) in [6.45, 7) is 4.20. The fourth-order valence-electron chi connectivity index (χ4n) is 3.32. The SMILES string of the molecule is C#CCN1CCN(c2ccccc2NC(=O)CSc2nnc(-c3ccncc3)o2)CC1. The van der Waals surface area contributed by atoms with Crippen LogP contribution >= 0.6 is 11.8 Å². The molecule has 158 valence electrons. The van der Waals surface area contributed by atoms with Crippen LogP contribution in [0.15, 0.2) is 58.4 Å². The van der Waals surface area contributed by atoms with Crippen LogP contribution in [0, 0.1) is 12.3 Å². The second-order valence-electron chi connectivity index (χ2n) is 6.93. The maximum atomic E-state index is 12.6. The normalized spacial score (nSPS) is 14.2. The van der Waals surface area contributed by atoms with E-state index in [-0.39, 0.29) is 11.7 Å². The molecule has 2 aromatic heterocycles. The van der Waals surface area contributed by atoms with Crippen LogP contribution in [0.1, 0.15) is 0 Å². The molecule has 8 nitrogen and oxygen atoms in total. The summed E-state index contributed by atoms with van der Waals surface area (Å²) in [7, 11) is 0. The zero-order valence-corrected chi connectivity index (χ0v) is 17.7. The summed E-state index contributed by atoms with van der Waals surface area (Å²) >= 11 is 1.20. The van der Waals surface area contributed by atoms with E-state index in [9.17, 15) is 4.79 Å². The third-order valence-corrected chi connectivity index (χ3v) is 5.68. The van der Waals surface area contributed by atoms with Crippen LogP contribution in [0.3, 0.4) is 0 Å². The van der Waals surface area contributed by atoms with Gasteiger partial charge >= 0.3 is 0 Å². The number of thioether (sulfide) groups is 1. The number of para-hydroxylation sites is 2. The largest absolute Gasteiger partial charge is 0.411 e. The van der Waals surface area contributed by atoms with Gasteiger partial charge in [-0.2, -0.15) is 0 Å². The quantitative estimate of drug-likeness (QED) is 0.449. The highest BCUT2D eigenvalue weighted by Crippen LogP contribution is 2.27. The van der Waals surface area contributed by atoms with Crippen molar-refractivity contribution >= 4 is 29.0 Å². The van der Waals surface area contributed by atoms with Crippen LogP contribution in [-0.2, 0) is 4.79 Å². The van der Waals surface area contributed by atoms with E-state index in [1.54, 1.807) is 24.5 Å². The summed E-state index contributed by atoms with van der Waals surface area (Å²) in [5, 5.41) is 11.4. The molecule has 3 heterocycles. The fourth-order valence-corrected chi connectivity index (χ4v) is 3.89. The van der Waals surface area contributed by atoms with E-state index in [1.807, 2.05) is 24.3 Å². The van der Waals surface area contributed by atoms with E-state index in [1.165, 1.54) is 11.8 Å². The van der Waals surface area contributed by atoms with Gasteiger partial charge in [-0.05, 0) is 24.3 Å². The van der Waals surface area contributed by atoms with Crippen LogP contribution in [0.25, 0.3) is 11.5 Å². The Bertz CT molecular complexity index is 1060. The number of nitrogens with zero attached hydrogens (tertiary/aromatic N) is 5. The Morgan fingerprint density at radius 3 is 2.68 bits per heavy atom. The first-order valence-corrected chi connectivity index (χ1v) is 10.9. The lowest BCUT2D eigenvalue weighted by Crippen LogP contribution is -2.46. The summed E-state index contributed by atoms with van der Waals surface area (Å²) in [6.07, 6.45) is 8.73. The molecule has 3 aromatic rings. The van der Waals surface area contributed by atoms with E-state index < -0.39 is 0 Å². The molecule has 1 aromatic carbocycles. The van der Waals surface area contributed by atoms with E-state index in [0.29, 0.717) is 17.7 Å². The maximum Gasteiger partial charge on any atom is 0.277 e. The molecule has 9 heteroatoms. The topological polar surface area (TPSA) is 87.4 Å². The number of amides is 1. The highest BCUT2D eigenvalue weighted by molar-refractivity contribution is 7.99. The average Bonchev–Trinajstić information content (AvgIpc) is 3.29. The Kier molecular flexibility index (Phi) is 6.82. The number of terminal acetylenes is 1. The first-order valence-electron chi connectivity index (χ1n) is 9.89. The molecule has 1 saturated heterocycles. The van der Waals surface area contributed by atoms with Crippen molar-refractivity contribution in [3.63, 3.8) is 0 Å². The van der Waals surface area contributed by atoms with Crippen molar-refractivity contribution in [1.82, 2.24) is 20.1 Å². The Hall–Kier alpha value is -3.35. The Labute approximate surface area is 185 Å². The molecule has 0 unspecified atom stereocenters. The van der Waals surface area contributed by atoms with Crippen molar-refractivity contribution in [1.29, 1.82) is 0 Å². The van der Waals surface area contributed by atoms with Crippen molar-refractivity contribution < 1.29 is 9.21 Å².